The van der Waals surface area contributed by atoms with Crippen molar-refractivity contribution in [1.82, 2.24) is 14.7 Å². The zero-order valence-electron chi connectivity index (χ0n) is 26.8. The lowest BCUT2D eigenvalue weighted by molar-refractivity contribution is -0.116. The predicted molar refractivity (Wildman–Crippen MR) is 196 cm³/mol. The third-order valence-corrected chi connectivity index (χ3v) is 9.59. The van der Waals surface area contributed by atoms with Gasteiger partial charge in [0, 0.05) is 39.3 Å². The monoisotopic (exact) mass is 711 g/mol. The number of amides is 3. The van der Waals surface area contributed by atoms with Gasteiger partial charge in [0.1, 0.15) is 22.4 Å². The van der Waals surface area contributed by atoms with Gasteiger partial charge in [-0.2, -0.15) is 9.36 Å². The van der Waals surface area contributed by atoms with E-state index in [2.05, 4.69) is 25.3 Å². The molecule has 49 heavy (non-hydrogen) atoms. The molecule has 0 spiro atoms. The zero-order valence-corrected chi connectivity index (χ0v) is 29.3. The summed E-state index contributed by atoms with van der Waals surface area (Å²) >= 11 is 3.97. The third-order valence-electron chi connectivity index (χ3n) is 6.87. The number of thioether (sulfide) groups is 2. The number of nitrogens with one attached hydrogen (secondary N) is 3. The summed E-state index contributed by atoms with van der Waals surface area (Å²) in [5, 5.41) is 8.98. The molecule has 1 unspecified atom stereocenters. The molecule has 3 amide bonds. The van der Waals surface area contributed by atoms with E-state index in [1.165, 1.54) is 30.6 Å². The average Bonchev–Trinajstić information content (AvgIpc) is 3.57. The van der Waals surface area contributed by atoms with Crippen molar-refractivity contribution in [2.24, 2.45) is 0 Å². The van der Waals surface area contributed by atoms with Crippen molar-refractivity contribution in [2.75, 3.05) is 30.6 Å². The first-order chi connectivity index (χ1) is 23.9. The van der Waals surface area contributed by atoms with Gasteiger partial charge in [0.25, 0.3) is 11.8 Å². The van der Waals surface area contributed by atoms with Gasteiger partial charge >= 0.3 is 0 Å². The molecule has 4 aromatic carbocycles. The minimum Gasteiger partial charge on any atom is -0.497 e. The lowest BCUT2D eigenvalue weighted by atomic mass is 10.1. The highest BCUT2D eigenvalue weighted by atomic mass is 32.2. The highest BCUT2D eigenvalue weighted by molar-refractivity contribution is 8.00. The van der Waals surface area contributed by atoms with Crippen molar-refractivity contribution in [3.05, 3.63) is 126 Å². The number of carbonyl (C=O) groups excluding carboxylic acids is 3. The first-order valence-corrected chi connectivity index (χ1v) is 17.7. The molecule has 0 aliphatic carbocycles. The maximum Gasteiger partial charge on any atom is 0.272 e. The number of aromatic nitrogens is 2. The quantitative estimate of drug-likeness (QED) is 0.0790. The Bertz CT molecular complexity index is 1940. The predicted octanol–water partition coefficient (Wildman–Crippen LogP) is 7.55. The molecule has 0 bridgehead atoms. The molecular weight excluding hydrogens is 679 g/mol. The second-order valence-corrected chi connectivity index (χ2v) is 13.3. The van der Waals surface area contributed by atoms with Crippen LogP contribution in [0.5, 0.6) is 11.5 Å². The minimum absolute atomic E-state index is 0.00502. The van der Waals surface area contributed by atoms with Crippen LogP contribution in [0.15, 0.2) is 119 Å². The van der Waals surface area contributed by atoms with Crippen LogP contribution >= 0.6 is 35.1 Å². The molecule has 3 N–H and O–H groups in total. The van der Waals surface area contributed by atoms with E-state index in [0.29, 0.717) is 38.6 Å². The highest BCUT2D eigenvalue weighted by Gasteiger charge is 2.24. The van der Waals surface area contributed by atoms with Crippen molar-refractivity contribution in [2.45, 2.75) is 22.2 Å². The zero-order chi connectivity index (χ0) is 34.6. The summed E-state index contributed by atoms with van der Waals surface area (Å²) < 4.78 is 15.1. The van der Waals surface area contributed by atoms with Crippen molar-refractivity contribution >= 4 is 69.7 Å². The van der Waals surface area contributed by atoms with E-state index in [9.17, 15) is 14.4 Å². The van der Waals surface area contributed by atoms with Crippen molar-refractivity contribution < 1.29 is 23.9 Å². The summed E-state index contributed by atoms with van der Waals surface area (Å²) in [6, 6.07) is 30.4. The Hall–Kier alpha value is -5.11. The number of hydrogen-bond donors (Lipinski definition) is 3. The number of ether oxygens (including phenoxy) is 2. The first kappa shape index (κ1) is 35.2. The number of benzene rings is 4. The number of methoxy groups -OCH3 is 2. The van der Waals surface area contributed by atoms with Crippen LogP contribution in [0.3, 0.4) is 0 Å². The molecule has 0 radical (unpaired) electrons. The number of anilines is 2. The Morgan fingerprint density at radius 3 is 2.35 bits per heavy atom. The van der Waals surface area contributed by atoms with Crippen LogP contribution in [-0.2, 0) is 9.59 Å². The topological polar surface area (TPSA) is 132 Å². The molecule has 0 saturated carbocycles. The summed E-state index contributed by atoms with van der Waals surface area (Å²) in [4.78, 5) is 45.7. The Labute approximate surface area is 296 Å². The van der Waals surface area contributed by atoms with Crippen LogP contribution in [0.25, 0.3) is 6.08 Å². The van der Waals surface area contributed by atoms with Gasteiger partial charge < -0.3 is 20.1 Å². The second kappa shape index (κ2) is 17.3. The molecule has 0 saturated heterocycles. The summed E-state index contributed by atoms with van der Waals surface area (Å²) in [6.07, 6.45) is 1.54. The molecular formula is C36H33N5O5S3. The van der Waals surface area contributed by atoms with Crippen LogP contribution in [0, 0.1) is 0 Å². The fourth-order valence-electron chi connectivity index (χ4n) is 4.54. The van der Waals surface area contributed by atoms with E-state index in [0.717, 1.165) is 27.7 Å². The fraction of sp³-hybridized carbons (Fsp3) is 0.139. The van der Waals surface area contributed by atoms with Crippen molar-refractivity contribution in [1.29, 1.82) is 0 Å². The summed E-state index contributed by atoms with van der Waals surface area (Å²) in [5.74, 6) is 0.596. The Morgan fingerprint density at radius 2 is 1.63 bits per heavy atom. The molecule has 1 aromatic heterocycles. The highest BCUT2D eigenvalue weighted by Crippen LogP contribution is 2.37. The summed E-state index contributed by atoms with van der Waals surface area (Å²) in [5.41, 5.74) is 2.21. The van der Waals surface area contributed by atoms with Gasteiger partial charge in [0.15, 0.2) is 0 Å². The second-order valence-electron chi connectivity index (χ2n) is 10.2. The first-order valence-electron chi connectivity index (χ1n) is 15.1. The van der Waals surface area contributed by atoms with Crippen LogP contribution < -0.4 is 25.4 Å². The molecule has 250 valence electrons. The number of nitrogens with zero attached hydrogens (tertiary/aromatic N) is 2. The van der Waals surface area contributed by atoms with Gasteiger partial charge in [-0.3, -0.25) is 19.7 Å². The minimum atomic E-state index is -0.624. The van der Waals surface area contributed by atoms with E-state index in [4.69, 9.17) is 9.47 Å². The van der Waals surface area contributed by atoms with E-state index in [1.807, 2.05) is 43.3 Å². The fourth-order valence-corrected chi connectivity index (χ4v) is 6.89. The maximum absolute atomic E-state index is 13.8. The average molecular weight is 712 g/mol. The van der Waals surface area contributed by atoms with Crippen LogP contribution in [0.1, 0.15) is 33.7 Å². The van der Waals surface area contributed by atoms with Gasteiger partial charge in [-0.05, 0) is 59.9 Å². The van der Waals surface area contributed by atoms with E-state index in [-0.39, 0.29) is 11.6 Å². The van der Waals surface area contributed by atoms with E-state index < -0.39 is 17.1 Å². The van der Waals surface area contributed by atoms with Crippen molar-refractivity contribution in [3.63, 3.8) is 0 Å². The van der Waals surface area contributed by atoms with Gasteiger partial charge in [-0.15, -0.1) is 11.8 Å². The number of hydrogen-bond acceptors (Lipinski definition) is 10. The Morgan fingerprint density at radius 1 is 0.878 bits per heavy atom. The van der Waals surface area contributed by atoms with Crippen molar-refractivity contribution in [3.8, 4) is 11.5 Å². The van der Waals surface area contributed by atoms with Gasteiger partial charge in [0.2, 0.25) is 16.2 Å². The standard InChI is InChI=1S/C36H33N5O5S3/c1-4-47-36-40-35(49-41-36)39-34(44)31(23-12-7-5-8-13-23)48-28-17-11-16-26(21-28)37-33(43)29(38-32(42)24-14-9-6-10-15-24)20-25-18-19-27(45-2)22-30(25)46-3/h5-22,31H,4H2,1-3H3,(H,37,43)(H,38,42)(H,39,40,41,44)/b29-20+. The normalized spacial score (nSPS) is 11.7. The molecule has 10 nitrogen and oxygen atoms in total. The number of carbonyl (C=O) groups is 3. The van der Waals surface area contributed by atoms with Gasteiger partial charge in [-0.25, -0.2) is 0 Å². The molecule has 1 heterocycles. The smallest absolute Gasteiger partial charge is 0.272 e. The number of rotatable bonds is 14. The summed E-state index contributed by atoms with van der Waals surface area (Å²) in [6.45, 7) is 2.01. The van der Waals surface area contributed by atoms with Crippen LogP contribution in [-0.4, -0.2) is 47.1 Å². The molecule has 0 fully saturated rings. The molecule has 0 aliphatic rings. The molecule has 13 heteroatoms. The lowest BCUT2D eigenvalue weighted by Crippen LogP contribution is -2.30. The largest absolute Gasteiger partial charge is 0.497 e. The van der Waals surface area contributed by atoms with E-state index >= 15 is 0 Å². The Balaban J connectivity index is 1.39. The van der Waals surface area contributed by atoms with Gasteiger partial charge in [-0.1, -0.05) is 73.3 Å². The van der Waals surface area contributed by atoms with E-state index in [1.54, 1.807) is 79.9 Å². The van der Waals surface area contributed by atoms with Gasteiger partial charge in [0.05, 0.1) is 14.2 Å². The van der Waals surface area contributed by atoms with Crippen LogP contribution in [0.2, 0.25) is 0 Å². The lowest BCUT2D eigenvalue weighted by Gasteiger charge is -2.17. The third kappa shape index (κ3) is 9.72. The van der Waals surface area contributed by atoms with Crippen LogP contribution in [0.4, 0.5) is 10.8 Å². The molecule has 5 rings (SSSR count). The Kier molecular flexibility index (Phi) is 12.5. The molecule has 1 atom stereocenters. The summed E-state index contributed by atoms with van der Waals surface area (Å²) in [7, 11) is 3.06. The SMILES string of the molecule is CCSc1nsc(NC(=O)C(Sc2cccc(NC(=O)/C(=C\c3ccc(OC)cc3OC)NC(=O)c3ccccc3)c2)c2ccccc2)n1. The molecule has 5 aromatic rings. The molecule has 0 aliphatic heterocycles. The maximum atomic E-state index is 13.8.